The third-order valence-electron chi connectivity index (χ3n) is 3.84. The molecule has 8 heteroatoms. The SMILES string of the molecule is Cn1ccnc(N2CCC(CC(=O)NCC(F)F)CC2)c1=O. The van der Waals surface area contributed by atoms with E-state index in [0.717, 1.165) is 12.8 Å². The largest absolute Gasteiger partial charge is 0.352 e. The Labute approximate surface area is 127 Å². The molecule has 0 spiro atoms. The van der Waals surface area contributed by atoms with Crippen LogP contribution in [0.15, 0.2) is 17.2 Å². The monoisotopic (exact) mass is 314 g/mol. The Hall–Kier alpha value is -1.99. The zero-order valence-electron chi connectivity index (χ0n) is 12.5. The molecule has 1 aromatic rings. The summed E-state index contributed by atoms with van der Waals surface area (Å²) in [6, 6.07) is 0. The van der Waals surface area contributed by atoms with E-state index in [1.807, 2.05) is 4.90 Å². The predicted molar refractivity (Wildman–Crippen MR) is 78.0 cm³/mol. The van der Waals surface area contributed by atoms with Crippen molar-refractivity contribution in [2.45, 2.75) is 25.7 Å². The minimum atomic E-state index is -2.52. The van der Waals surface area contributed by atoms with Crippen LogP contribution in [0.5, 0.6) is 0 Å². The first-order chi connectivity index (χ1) is 10.5. The zero-order chi connectivity index (χ0) is 16.1. The lowest BCUT2D eigenvalue weighted by Gasteiger charge is -2.32. The number of hydrogen-bond acceptors (Lipinski definition) is 4. The van der Waals surface area contributed by atoms with E-state index in [1.54, 1.807) is 19.4 Å². The normalized spacial score (nSPS) is 16.1. The Balaban J connectivity index is 1.84. The summed E-state index contributed by atoms with van der Waals surface area (Å²) >= 11 is 0. The molecular formula is C14H20F2N4O2. The van der Waals surface area contributed by atoms with Crippen LogP contribution in [0.1, 0.15) is 19.3 Å². The quantitative estimate of drug-likeness (QED) is 0.872. The zero-order valence-corrected chi connectivity index (χ0v) is 12.5. The van der Waals surface area contributed by atoms with Crippen molar-refractivity contribution in [3.8, 4) is 0 Å². The second kappa shape index (κ2) is 7.33. The number of aromatic nitrogens is 2. The Morgan fingerprint density at radius 1 is 1.45 bits per heavy atom. The van der Waals surface area contributed by atoms with Crippen LogP contribution in [-0.4, -0.2) is 41.5 Å². The maximum absolute atomic E-state index is 12.0. The molecule has 0 aliphatic carbocycles. The smallest absolute Gasteiger partial charge is 0.293 e. The van der Waals surface area contributed by atoms with Gasteiger partial charge in [0.2, 0.25) is 5.91 Å². The Bertz CT molecular complexity index is 568. The predicted octanol–water partition coefficient (Wildman–Crippen LogP) is 0.768. The average Bonchev–Trinajstić information content (AvgIpc) is 2.49. The molecule has 22 heavy (non-hydrogen) atoms. The molecule has 0 unspecified atom stereocenters. The lowest BCUT2D eigenvalue weighted by Crippen LogP contribution is -2.40. The van der Waals surface area contributed by atoms with Gasteiger partial charge in [0, 0.05) is 39.0 Å². The highest BCUT2D eigenvalue weighted by Gasteiger charge is 2.24. The van der Waals surface area contributed by atoms with Gasteiger partial charge in [-0.1, -0.05) is 0 Å². The van der Waals surface area contributed by atoms with Crippen molar-refractivity contribution in [3.05, 3.63) is 22.7 Å². The number of nitrogens with one attached hydrogen (secondary N) is 1. The highest BCUT2D eigenvalue weighted by Crippen LogP contribution is 2.22. The van der Waals surface area contributed by atoms with Crippen molar-refractivity contribution in [2.75, 3.05) is 24.5 Å². The molecule has 1 saturated heterocycles. The van der Waals surface area contributed by atoms with Crippen molar-refractivity contribution in [3.63, 3.8) is 0 Å². The van der Waals surface area contributed by atoms with Gasteiger partial charge in [-0.25, -0.2) is 13.8 Å². The van der Waals surface area contributed by atoms with Crippen LogP contribution >= 0.6 is 0 Å². The van der Waals surface area contributed by atoms with Gasteiger partial charge in [-0.05, 0) is 18.8 Å². The van der Waals surface area contributed by atoms with Crippen LogP contribution in [0.4, 0.5) is 14.6 Å². The van der Waals surface area contributed by atoms with E-state index in [4.69, 9.17) is 0 Å². The van der Waals surface area contributed by atoms with E-state index in [0.29, 0.717) is 18.9 Å². The molecule has 1 aliphatic rings. The van der Waals surface area contributed by atoms with E-state index in [-0.39, 0.29) is 23.8 Å². The van der Waals surface area contributed by atoms with E-state index in [9.17, 15) is 18.4 Å². The van der Waals surface area contributed by atoms with Crippen LogP contribution < -0.4 is 15.8 Å². The summed E-state index contributed by atoms with van der Waals surface area (Å²) < 4.78 is 25.5. The number of rotatable bonds is 5. The molecule has 1 amide bonds. The number of carbonyl (C=O) groups excluding carboxylic acids is 1. The minimum absolute atomic E-state index is 0.143. The van der Waals surface area contributed by atoms with Gasteiger partial charge in [0.1, 0.15) is 0 Å². The van der Waals surface area contributed by atoms with Crippen LogP contribution in [0.2, 0.25) is 0 Å². The topological polar surface area (TPSA) is 67.2 Å². The lowest BCUT2D eigenvalue weighted by atomic mass is 9.93. The van der Waals surface area contributed by atoms with Crippen LogP contribution in [0, 0.1) is 5.92 Å². The van der Waals surface area contributed by atoms with Crippen molar-refractivity contribution in [1.82, 2.24) is 14.9 Å². The number of hydrogen-bond donors (Lipinski definition) is 1. The molecule has 0 saturated carbocycles. The highest BCUT2D eigenvalue weighted by molar-refractivity contribution is 5.76. The van der Waals surface area contributed by atoms with Gasteiger partial charge in [0.05, 0.1) is 6.54 Å². The molecule has 2 heterocycles. The summed E-state index contributed by atoms with van der Waals surface area (Å²) in [6.07, 6.45) is 2.39. The summed E-state index contributed by atoms with van der Waals surface area (Å²) in [5.41, 5.74) is -0.143. The van der Waals surface area contributed by atoms with E-state index in [1.165, 1.54) is 4.57 Å². The maximum atomic E-state index is 12.0. The second-order valence-corrected chi connectivity index (χ2v) is 5.50. The fourth-order valence-corrected chi connectivity index (χ4v) is 2.58. The van der Waals surface area contributed by atoms with E-state index < -0.39 is 13.0 Å². The molecule has 1 aliphatic heterocycles. The number of carbonyl (C=O) groups is 1. The number of halogens is 2. The van der Waals surface area contributed by atoms with Crippen molar-refractivity contribution in [1.29, 1.82) is 0 Å². The molecular weight excluding hydrogens is 294 g/mol. The summed E-state index contributed by atoms with van der Waals surface area (Å²) in [5, 5.41) is 2.22. The van der Waals surface area contributed by atoms with Crippen LogP contribution in [0.25, 0.3) is 0 Å². The first kappa shape index (κ1) is 16.4. The van der Waals surface area contributed by atoms with Gasteiger partial charge < -0.3 is 14.8 Å². The highest BCUT2D eigenvalue weighted by atomic mass is 19.3. The molecule has 6 nitrogen and oxygen atoms in total. The maximum Gasteiger partial charge on any atom is 0.293 e. The summed E-state index contributed by atoms with van der Waals surface area (Å²) in [6.45, 7) is 0.680. The summed E-state index contributed by atoms with van der Waals surface area (Å²) in [5.74, 6) is 0.236. The van der Waals surface area contributed by atoms with Crippen molar-refractivity contribution in [2.24, 2.45) is 13.0 Å². The second-order valence-electron chi connectivity index (χ2n) is 5.50. The van der Waals surface area contributed by atoms with Gasteiger partial charge in [-0.15, -0.1) is 0 Å². The molecule has 0 aromatic carbocycles. The first-order valence-electron chi connectivity index (χ1n) is 7.29. The van der Waals surface area contributed by atoms with Crippen molar-refractivity contribution < 1.29 is 13.6 Å². The third-order valence-corrected chi connectivity index (χ3v) is 3.84. The first-order valence-corrected chi connectivity index (χ1v) is 7.29. The van der Waals surface area contributed by atoms with Gasteiger partial charge in [-0.3, -0.25) is 9.59 Å². The number of nitrogens with zero attached hydrogens (tertiary/aromatic N) is 3. The van der Waals surface area contributed by atoms with E-state index >= 15 is 0 Å². The summed E-state index contributed by atoms with van der Waals surface area (Å²) in [4.78, 5) is 29.6. The fraction of sp³-hybridized carbons (Fsp3) is 0.643. The van der Waals surface area contributed by atoms with Crippen LogP contribution in [0.3, 0.4) is 0 Å². The molecule has 1 fully saturated rings. The molecule has 1 N–H and O–H groups in total. The van der Waals surface area contributed by atoms with Gasteiger partial charge in [0.25, 0.3) is 12.0 Å². The van der Waals surface area contributed by atoms with Gasteiger partial charge in [-0.2, -0.15) is 0 Å². The molecule has 2 rings (SSSR count). The Morgan fingerprint density at radius 2 is 2.14 bits per heavy atom. The van der Waals surface area contributed by atoms with E-state index in [2.05, 4.69) is 10.3 Å². The molecule has 0 bridgehead atoms. The molecule has 1 aromatic heterocycles. The van der Waals surface area contributed by atoms with Crippen LogP contribution in [-0.2, 0) is 11.8 Å². The number of aryl methyl sites for hydroxylation is 1. The fourth-order valence-electron chi connectivity index (χ4n) is 2.58. The third kappa shape index (κ3) is 4.25. The lowest BCUT2D eigenvalue weighted by molar-refractivity contribution is -0.122. The number of piperidine rings is 1. The van der Waals surface area contributed by atoms with Gasteiger partial charge >= 0.3 is 0 Å². The molecule has 0 radical (unpaired) electrons. The Morgan fingerprint density at radius 3 is 2.77 bits per heavy atom. The molecule has 0 atom stereocenters. The standard InChI is InChI=1S/C14H20F2N4O2/c1-19-7-4-17-13(14(19)22)20-5-2-10(3-6-20)8-12(21)18-9-11(15)16/h4,7,10-11H,2-3,5-6,8-9H2,1H3,(H,18,21). The number of alkyl halides is 2. The van der Waals surface area contributed by atoms with Crippen molar-refractivity contribution >= 4 is 11.7 Å². The Kier molecular flexibility index (Phi) is 5.46. The minimum Gasteiger partial charge on any atom is -0.352 e. The number of anilines is 1. The number of amides is 1. The summed E-state index contributed by atoms with van der Waals surface area (Å²) in [7, 11) is 1.67. The van der Waals surface area contributed by atoms with Gasteiger partial charge in [0.15, 0.2) is 5.82 Å². The average molecular weight is 314 g/mol. The molecule has 122 valence electrons.